The van der Waals surface area contributed by atoms with E-state index in [1.807, 2.05) is 32.0 Å². The van der Waals surface area contributed by atoms with Gasteiger partial charge in [0.2, 0.25) is 16.8 Å². The van der Waals surface area contributed by atoms with Crippen LogP contribution in [0.4, 0.5) is 0 Å². The molecule has 1 N–H and O–H groups in total. The molecule has 2 heterocycles. The Bertz CT molecular complexity index is 988. The van der Waals surface area contributed by atoms with E-state index in [0.29, 0.717) is 30.5 Å². The average Bonchev–Trinajstić information content (AvgIpc) is 3.23. The van der Waals surface area contributed by atoms with E-state index >= 15 is 0 Å². The van der Waals surface area contributed by atoms with E-state index in [9.17, 15) is 8.42 Å². The second kappa shape index (κ2) is 9.44. The summed E-state index contributed by atoms with van der Waals surface area (Å²) in [6.07, 6.45) is 0.0246. The molecule has 0 aliphatic carbocycles. The zero-order valence-corrected chi connectivity index (χ0v) is 18.6. The smallest absolute Gasteiger partial charge is 0.240 e. The van der Waals surface area contributed by atoms with Crippen molar-refractivity contribution in [3.63, 3.8) is 0 Å². The van der Waals surface area contributed by atoms with Crippen molar-refractivity contribution in [2.24, 2.45) is 0 Å². The summed E-state index contributed by atoms with van der Waals surface area (Å²) in [4.78, 5) is 2.43. The van der Waals surface area contributed by atoms with Crippen molar-refractivity contribution in [1.29, 1.82) is 0 Å². The Hall–Kier alpha value is -2.33. The lowest BCUT2D eigenvalue weighted by molar-refractivity contribution is 0.0171. The van der Waals surface area contributed by atoms with Gasteiger partial charge >= 0.3 is 0 Å². The molecule has 2 aromatic rings. The minimum Gasteiger partial charge on any atom is -0.491 e. The molecule has 1 saturated heterocycles. The minimum absolute atomic E-state index is 0.0246. The van der Waals surface area contributed by atoms with E-state index in [4.69, 9.17) is 18.9 Å². The van der Waals surface area contributed by atoms with Crippen LogP contribution in [0.1, 0.15) is 25.5 Å². The van der Waals surface area contributed by atoms with Gasteiger partial charge in [-0.1, -0.05) is 6.07 Å². The zero-order valence-electron chi connectivity index (χ0n) is 17.7. The highest BCUT2D eigenvalue weighted by molar-refractivity contribution is 7.89. The molecule has 168 valence electrons. The third-order valence-corrected chi connectivity index (χ3v) is 6.68. The van der Waals surface area contributed by atoms with Gasteiger partial charge in [0.15, 0.2) is 11.5 Å². The lowest BCUT2D eigenvalue weighted by Gasteiger charge is -2.35. The first-order valence-corrected chi connectivity index (χ1v) is 11.9. The van der Waals surface area contributed by atoms with Crippen molar-refractivity contribution in [2.45, 2.75) is 30.9 Å². The van der Waals surface area contributed by atoms with Crippen LogP contribution in [0.5, 0.6) is 17.2 Å². The Labute approximate surface area is 183 Å². The molecule has 0 saturated carbocycles. The SMILES string of the molecule is CC(C)Oc1ccc(S(=O)(=O)NC[C@@H](c2ccc3c(c2)OCO3)N2CCOCC2)cc1. The molecular formula is C22H28N2O6S. The molecule has 2 aromatic carbocycles. The fraction of sp³-hybridized carbons (Fsp3) is 0.455. The van der Waals surface area contributed by atoms with Crippen molar-refractivity contribution >= 4 is 10.0 Å². The summed E-state index contributed by atoms with van der Waals surface area (Å²) in [5, 5.41) is 0. The van der Waals surface area contributed by atoms with E-state index in [-0.39, 0.29) is 30.4 Å². The van der Waals surface area contributed by atoms with Crippen molar-refractivity contribution in [1.82, 2.24) is 9.62 Å². The van der Waals surface area contributed by atoms with E-state index in [0.717, 1.165) is 18.7 Å². The Kier molecular flexibility index (Phi) is 6.66. The maximum absolute atomic E-state index is 12.9. The largest absolute Gasteiger partial charge is 0.491 e. The quantitative estimate of drug-likeness (QED) is 0.664. The minimum atomic E-state index is -3.68. The molecule has 8 nitrogen and oxygen atoms in total. The van der Waals surface area contributed by atoms with Crippen LogP contribution in [0.2, 0.25) is 0 Å². The van der Waals surface area contributed by atoms with E-state index in [1.165, 1.54) is 0 Å². The first-order chi connectivity index (χ1) is 14.9. The molecule has 1 fully saturated rings. The molecule has 0 unspecified atom stereocenters. The van der Waals surface area contributed by atoms with Crippen LogP contribution in [0.15, 0.2) is 47.4 Å². The number of nitrogens with one attached hydrogen (secondary N) is 1. The van der Waals surface area contributed by atoms with Crippen molar-refractivity contribution in [3.05, 3.63) is 48.0 Å². The summed E-state index contributed by atoms with van der Waals surface area (Å²) in [5.41, 5.74) is 0.967. The van der Waals surface area contributed by atoms with Crippen LogP contribution in [0, 0.1) is 0 Å². The average molecular weight is 449 g/mol. The standard InChI is InChI=1S/C22H28N2O6S/c1-16(2)30-18-4-6-19(7-5-18)31(25,26)23-14-20(24-9-11-27-12-10-24)17-3-8-21-22(13-17)29-15-28-21/h3-8,13,16,20,23H,9-12,14-15H2,1-2H3/t20-/m0/s1. The zero-order chi connectivity index (χ0) is 21.8. The highest BCUT2D eigenvalue weighted by Gasteiger charge is 2.27. The highest BCUT2D eigenvalue weighted by Crippen LogP contribution is 2.35. The Morgan fingerprint density at radius 1 is 1.03 bits per heavy atom. The van der Waals surface area contributed by atoms with Gasteiger partial charge in [0.25, 0.3) is 0 Å². The van der Waals surface area contributed by atoms with E-state index in [2.05, 4.69) is 9.62 Å². The molecule has 9 heteroatoms. The van der Waals surface area contributed by atoms with E-state index in [1.54, 1.807) is 24.3 Å². The summed E-state index contributed by atoms with van der Waals surface area (Å²) in [5.74, 6) is 2.02. The first-order valence-electron chi connectivity index (χ1n) is 10.4. The van der Waals surface area contributed by atoms with Crippen molar-refractivity contribution < 1.29 is 27.4 Å². The van der Waals surface area contributed by atoms with Crippen LogP contribution < -0.4 is 18.9 Å². The molecule has 0 aromatic heterocycles. The fourth-order valence-electron chi connectivity index (χ4n) is 3.71. The van der Waals surface area contributed by atoms with Gasteiger partial charge in [-0.05, 0) is 55.8 Å². The van der Waals surface area contributed by atoms with Crippen LogP contribution in [0.3, 0.4) is 0 Å². The van der Waals surface area contributed by atoms with Crippen molar-refractivity contribution in [3.8, 4) is 17.2 Å². The predicted octanol–water partition coefficient (Wildman–Crippen LogP) is 2.55. The third-order valence-electron chi connectivity index (χ3n) is 5.24. The lowest BCUT2D eigenvalue weighted by Crippen LogP contribution is -2.43. The van der Waals surface area contributed by atoms with Gasteiger partial charge in [0, 0.05) is 25.7 Å². The van der Waals surface area contributed by atoms with Gasteiger partial charge in [0.1, 0.15) is 5.75 Å². The van der Waals surface area contributed by atoms with Crippen LogP contribution >= 0.6 is 0 Å². The fourth-order valence-corrected chi connectivity index (χ4v) is 4.75. The van der Waals surface area contributed by atoms with Crippen LogP contribution in [-0.4, -0.2) is 59.1 Å². The van der Waals surface area contributed by atoms with Gasteiger partial charge < -0.3 is 18.9 Å². The molecule has 2 aliphatic rings. The van der Waals surface area contributed by atoms with Gasteiger partial charge in [-0.15, -0.1) is 0 Å². The molecule has 0 amide bonds. The summed E-state index contributed by atoms with van der Waals surface area (Å²) >= 11 is 0. The number of fused-ring (bicyclic) bond motifs is 1. The number of ether oxygens (including phenoxy) is 4. The van der Waals surface area contributed by atoms with Crippen LogP contribution in [-0.2, 0) is 14.8 Å². The summed E-state index contributed by atoms with van der Waals surface area (Å²) in [7, 11) is -3.68. The number of rotatable bonds is 8. The number of sulfonamides is 1. The number of morpholine rings is 1. The van der Waals surface area contributed by atoms with Crippen molar-refractivity contribution in [2.75, 3.05) is 39.6 Å². The van der Waals surface area contributed by atoms with Gasteiger partial charge in [0.05, 0.1) is 24.2 Å². The Morgan fingerprint density at radius 2 is 1.74 bits per heavy atom. The molecule has 4 rings (SSSR count). The number of hydrogen-bond donors (Lipinski definition) is 1. The second-order valence-electron chi connectivity index (χ2n) is 7.77. The molecule has 0 spiro atoms. The maximum Gasteiger partial charge on any atom is 0.240 e. The van der Waals surface area contributed by atoms with Crippen LogP contribution in [0.25, 0.3) is 0 Å². The first kappa shape index (κ1) is 21.9. The summed E-state index contributed by atoms with van der Waals surface area (Å²) in [6.45, 7) is 6.96. The van der Waals surface area contributed by atoms with Gasteiger partial charge in [-0.2, -0.15) is 0 Å². The van der Waals surface area contributed by atoms with Gasteiger partial charge in [-0.25, -0.2) is 13.1 Å². The lowest BCUT2D eigenvalue weighted by atomic mass is 10.0. The highest BCUT2D eigenvalue weighted by atomic mass is 32.2. The molecular weight excluding hydrogens is 420 g/mol. The predicted molar refractivity (Wildman–Crippen MR) is 115 cm³/mol. The molecule has 1 atom stereocenters. The normalized spacial score (nSPS) is 17.6. The molecule has 31 heavy (non-hydrogen) atoms. The maximum atomic E-state index is 12.9. The van der Waals surface area contributed by atoms with E-state index < -0.39 is 10.0 Å². The topological polar surface area (TPSA) is 86.3 Å². The number of hydrogen-bond acceptors (Lipinski definition) is 7. The molecule has 0 bridgehead atoms. The summed E-state index contributed by atoms with van der Waals surface area (Å²) < 4.78 is 50.6. The number of benzene rings is 2. The van der Waals surface area contributed by atoms with Gasteiger partial charge in [-0.3, -0.25) is 4.90 Å². The third kappa shape index (κ3) is 5.30. The monoisotopic (exact) mass is 448 g/mol. The summed E-state index contributed by atoms with van der Waals surface area (Å²) in [6, 6.07) is 12.1. The number of nitrogens with zero attached hydrogens (tertiary/aromatic N) is 1. The molecule has 0 radical (unpaired) electrons. The second-order valence-corrected chi connectivity index (χ2v) is 9.53. The Balaban J connectivity index is 1.51. The Morgan fingerprint density at radius 3 is 2.45 bits per heavy atom. The molecule has 2 aliphatic heterocycles.